The Hall–Kier alpha value is -2.41. The van der Waals surface area contributed by atoms with Crippen LogP contribution in [0.1, 0.15) is 69.9 Å². The molecule has 1 aliphatic carbocycles. The molecule has 0 bridgehead atoms. The number of esters is 1. The number of hydrogen-bond donors (Lipinski definition) is 2. The second-order valence-corrected chi connectivity index (χ2v) is 9.07. The van der Waals surface area contributed by atoms with E-state index in [9.17, 15) is 19.5 Å². The summed E-state index contributed by atoms with van der Waals surface area (Å²) in [6.07, 6.45) is 7.97. The van der Waals surface area contributed by atoms with Gasteiger partial charge in [-0.3, -0.25) is 14.9 Å². The van der Waals surface area contributed by atoms with Crippen LogP contribution in [0.5, 0.6) is 0 Å². The molecule has 1 aliphatic heterocycles. The minimum absolute atomic E-state index is 0.254. The number of nitrogens with one attached hydrogen (secondary N) is 1. The Morgan fingerprint density at radius 1 is 1.16 bits per heavy atom. The molecule has 32 heavy (non-hydrogen) atoms. The number of rotatable bonds is 9. The minimum atomic E-state index is -1.01. The molecule has 1 aromatic rings. The van der Waals surface area contributed by atoms with Gasteiger partial charge in [0, 0.05) is 13.0 Å². The molecular weight excluding hydrogens is 408 g/mol. The number of carbonyl (C=O) groups excluding carboxylic acids is 2. The van der Waals surface area contributed by atoms with E-state index in [0.717, 1.165) is 17.5 Å². The third-order valence-corrected chi connectivity index (χ3v) is 6.80. The summed E-state index contributed by atoms with van der Waals surface area (Å²) < 4.78 is 5.26. The van der Waals surface area contributed by atoms with Gasteiger partial charge in [-0.2, -0.15) is 0 Å². The molecular formula is C25H36N2O5. The van der Waals surface area contributed by atoms with Crippen molar-refractivity contribution < 1.29 is 24.2 Å². The summed E-state index contributed by atoms with van der Waals surface area (Å²) in [5.74, 6) is -1.05. The molecule has 2 N–H and O–H groups in total. The Balaban J connectivity index is 1.68. The van der Waals surface area contributed by atoms with E-state index < -0.39 is 24.1 Å². The van der Waals surface area contributed by atoms with Gasteiger partial charge in [-0.15, -0.1) is 0 Å². The summed E-state index contributed by atoms with van der Waals surface area (Å²) in [6.45, 7) is 4.01. The molecule has 0 radical (unpaired) electrons. The standard InChI is InChI=1S/C25H36N2O5/c1-3-32-25(31)21(14-13-18-9-5-4-6-10-18)26-17(2)23(28)27-16-20-12-8-7-11-19(20)15-22(27)24(29)30/h7-8,11-12,17-18,21-22,26H,3-6,9-10,13-16H2,1-2H3,(H,29,30)/t17?,21-,22+/m1/s1. The molecule has 1 amide bonds. The fourth-order valence-electron chi connectivity index (χ4n) is 4.99. The average Bonchev–Trinajstić information content (AvgIpc) is 2.80. The highest BCUT2D eigenvalue weighted by Gasteiger charge is 2.37. The van der Waals surface area contributed by atoms with Crippen molar-refractivity contribution in [2.24, 2.45) is 5.92 Å². The van der Waals surface area contributed by atoms with Crippen LogP contribution in [0.4, 0.5) is 0 Å². The number of hydrogen-bond acceptors (Lipinski definition) is 5. The van der Waals surface area contributed by atoms with Gasteiger partial charge < -0.3 is 14.7 Å². The first kappa shape index (κ1) is 24.2. The number of amides is 1. The van der Waals surface area contributed by atoms with E-state index in [1.165, 1.54) is 37.0 Å². The van der Waals surface area contributed by atoms with Crippen LogP contribution in [0, 0.1) is 5.92 Å². The maximum absolute atomic E-state index is 13.3. The van der Waals surface area contributed by atoms with Gasteiger partial charge in [-0.25, -0.2) is 4.79 Å². The molecule has 1 unspecified atom stereocenters. The van der Waals surface area contributed by atoms with Crippen molar-refractivity contribution in [2.75, 3.05) is 6.61 Å². The zero-order valence-electron chi connectivity index (χ0n) is 19.2. The number of carboxylic acids is 1. The second kappa shape index (κ2) is 11.5. The number of fused-ring (bicyclic) bond motifs is 1. The summed E-state index contributed by atoms with van der Waals surface area (Å²) in [5, 5.41) is 12.9. The van der Waals surface area contributed by atoms with Crippen molar-refractivity contribution in [3.8, 4) is 0 Å². The molecule has 0 aromatic heterocycles. The fraction of sp³-hybridized carbons (Fsp3) is 0.640. The highest BCUT2D eigenvalue weighted by atomic mass is 16.5. The lowest BCUT2D eigenvalue weighted by Gasteiger charge is -2.36. The van der Waals surface area contributed by atoms with Crippen LogP contribution in [0.15, 0.2) is 24.3 Å². The van der Waals surface area contributed by atoms with E-state index >= 15 is 0 Å². The Labute approximate surface area is 190 Å². The van der Waals surface area contributed by atoms with Gasteiger partial charge in [0.1, 0.15) is 12.1 Å². The molecule has 2 aliphatic rings. The monoisotopic (exact) mass is 444 g/mol. The lowest BCUT2D eigenvalue weighted by molar-refractivity contribution is -0.153. The summed E-state index contributed by atoms with van der Waals surface area (Å²) in [5.41, 5.74) is 1.92. The van der Waals surface area contributed by atoms with Crippen LogP contribution in [0.3, 0.4) is 0 Å². The first-order valence-corrected chi connectivity index (χ1v) is 11.9. The molecule has 1 aromatic carbocycles. The molecule has 3 atom stereocenters. The highest BCUT2D eigenvalue weighted by molar-refractivity contribution is 5.88. The maximum Gasteiger partial charge on any atom is 0.326 e. The number of carbonyl (C=O) groups is 3. The van der Waals surface area contributed by atoms with E-state index in [2.05, 4.69) is 5.32 Å². The molecule has 0 saturated heterocycles. The van der Waals surface area contributed by atoms with Crippen LogP contribution < -0.4 is 5.32 Å². The quantitative estimate of drug-likeness (QED) is 0.568. The van der Waals surface area contributed by atoms with Crippen molar-refractivity contribution in [1.29, 1.82) is 0 Å². The molecule has 7 nitrogen and oxygen atoms in total. The number of carboxylic acid groups (broad SMARTS) is 1. The van der Waals surface area contributed by atoms with Crippen molar-refractivity contribution in [2.45, 2.75) is 89.9 Å². The van der Waals surface area contributed by atoms with Crippen LogP contribution in [-0.4, -0.2) is 52.6 Å². The van der Waals surface area contributed by atoms with Crippen molar-refractivity contribution in [3.05, 3.63) is 35.4 Å². The second-order valence-electron chi connectivity index (χ2n) is 9.07. The number of aliphatic carboxylic acids is 1. The Morgan fingerprint density at radius 3 is 2.50 bits per heavy atom. The normalized spacial score (nSPS) is 20.8. The molecule has 0 spiro atoms. The Kier molecular flexibility index (Phi) is 8.67. The van der Waals surface area contributed by atoms with E-state index in [-0.39, 0.29) is 31.4 Å². The first-order chi connectivity index (χ1) is 15.4. The van der Waals surface area contributed by atoms with Crippen molar-refractivity contribution >= 4 is 17.8 Å². The summed E-state index contributed by atoms with van der Waals surface area (Å²) in [4.78, 5) is 39.2. The van der Waals surface area contributed by atoms with E-state index in [0.29, 0.717) is 12.3 Å². The molecule has 7 heteroatoms. The van der Waals surface area contributed by atoms with E-state index in [1.54, 1.807) is 13.8 Å². The maximum atomic E-state index is 13.3. The van der Waals surface area contributed by atoms with Crippen LogP contribution in [-0.2, 0) is 32.1 Å². The Bertz CT molecular complexity index is 805. The van der Waals surface area contributed by atoms with Crippen molar-refractivity contribution in [1.82, 2.24) is 10.2 Å². The number of ether oxygens (including phenoxy) is 1. The van der Waals surface area contributed by atoms with E-state index in [1.807, 2.05) is 24.3 Å². The van der Waals surface area contributed by atoms with E-state index in [4.69, 9.17) is 4.74 Å². The molecule has 1 saturated carbocycles. The van der Waals surface area contributed by atoms with Crippen LogP contribution in [0.2, 0.25) is 0 Å². The molecule has 1 fully saturated rings. The number of nitrogens with zero attached hydrogens (tertiary/aromatic N) is 1. The van der Waals surface area contributed by atoms with Gasteiger partial charge in [-0.05, 0) is 43.7 Å². The van der Waals surface area contributed by atoms with Gasteiger partial charge in [0.25, 0.3) is 0 Å². The highest BCUT2D eigenvalue weighted by Crippen LogP contribution is 2.28. The zero-order valence-corrected chi connectivity index (χ0v) is 19.2. The Morgan fingerprint density at radius 2 is 1.84 bits per heavy atom. The largest absolute Gasteiger partial charge is 0.480 e. The minimum Gasteiger partial charge on any atom is -0.480 e. The lowest BCUT2D eigenvalue weighted by atomic mass is 9.85. The lowest BCUT2D eigenvalue weighted by Crippen LogP contribution is -2.56. The average molecular weight is 445 g/mol. The topological polar surface area (TPSA) is 95.9 Å². The fourth-order valence-corrected chi connectivity index (χ4v) is 4.99. The zero-order chi connectivity index (χ0) is 23.1. The van der Waals surface area contributed by atoms with Crippen LogP contribution >= 0.6 is 0 Å². The van der Waals surface area contributed by atoms with Gasteiger partial charge in [0.15, 0.2) is 0 Å². The third-order valence-electron chi connectivity index (χ3n) is 6.80. The molecule has 1 heterocycles. The third kappa shape index (κ3) is 6.09. The molecule has 176 valence electrons. The van der Waals surface area contributed by atoms with Crippen LogP contribution in [0.25, 0.3) is 0 Å². The van der Waals surface area contributed by atoms with Gasteiger partial charge in [-0.1, -0.05) is 56.4 Å². The van der Waals surface area contributed by atoms with Gasteiger partial charge >= 0.3 is 11.9 Å². The van der Waals surface area contributed by atoms with Gasteiger partial charge in [0.05, 0.1) is 12.6 Å². The predicted molar refractivity (Wildman–Crippen MR) is 121 cm³/mol. The van der Waals surface area contributed by atoms with Crippen molar-refractivity contribution in [3.63, 3.8) is 0 Å². The molecule has 3 rings (SSSR count). The number of benzene rings is 1. The summed E-state index contributed by atoms with van der Waals surface area (Å²) >= 11 is 0. The summed E-state index contributed by atoms with van der Waals surface area (Å²) in [6, 6.07) is 5.44. The van der Waals surface area contributed by atoms with Gasteiger partial charge in [0.2, 0.25) is 5.91 Å². The summed E-state index contributed by atoms with van der Waals surface area (Å²) in [7, 11) is 0. The SMILES string of the molecule is CCOC(=O)[C@@H](CCC1CCCCC1)NC(C)C(=O)N1Cc2ccccc2C[C@H]1C(=O)O. The first-order valence-electron chi connectivity index (χ1n) is 11.9. The smallest absolute Gasteiger partial charge is 0.326 e. The predicted octanol–water partition coefficient (Wildman–Crippen LogP) is 3.29.